The molecular weight excluding hydrogens is 402 g/mol. The number of amides is 2. The van der Waals surface area contributed by atoms with Gasteiger partial charge in [-0.2, -0.15) is 5.10 Å². The molecule has 168 valence electrons. The van der Waals surface area contributed by atoms with Gasteiger partial charge in [0.25, 0.3) is 5.91 Å². The standard InChI is InChI=1S/C25H31N5O2/c1-16-7-8-19(24(32)28-22-9-10-22)12-23(16)20-13-27-30(15-20)17(2)11-21(14-26-6)25(4,5)29-18(3)31/h7-8,11-15,22H,6,9-10H2,1-5H3,(H,28,32)(H,29,31)/b17-11+,21-14+. The number of carbonyl (C=O) groups excluding carboxylic acids is 2. The van der Waals surface area contributed by atoms with Crippen LogP contribution in [0.4, 0.5) is 0 Å². The molecular formula is C25H31N5O2. The third kappa shape index (κ3) is 5.60. The van der Waals surface area contributed by atoms with Gasteiger partial charge in [-0.3, -0.25) is 14.6 Å². The van der Waals surface area contributed by atoms with Crippen LogP contribution in [-0.4, -0.2) is 39.9 Å². The van der Waals surface area contributed by atoms with Crippen LogP contribution in [0.2, 0.25) is 0 Å². The van der Waals surface area contributed by atoms with Gasteiger partial charge in [-0.1, -0.05) is 6.07 Å². The Bertz CT molecular complexity index is 1100. The van der Waals surface area contributed by atoms with E-state index in [9.17, 15) is 9.59 Å². The van der Waals surface area contributed by atoms with Crippen LogP contribution in [0.1, 0.15) is 56.5 Å². The zero-order chi connectivity index (χ0) is 23.5. The smallest absolute Gasteiger partial charge is 0.251 e. The lowest BCUT2D eigenvalue weighted by Crippen LogP contribution is -2.43. The monoisotopic (exact) mass is 433 g/mol. The highest BCUT2D eigenvalue weighted by Gasteiger charge is 2.25. The van der Waals surface area contributed by atoms with Crippen LogP contribution in [0.5, 0.6) is 0 Å². The van der Waals surface area contributed by atoms with Crippen LogP contribution < -0.4 is 10.6 Å². The number of hydrogen-bond acceptors (Lipinski definition) is 4. The third-order valence-electron chi connectivity index (χ3n) is 5.47. The second-order valence-corrected chi connectivity index (χ2v) is 8.81. The van der Waals surface area contributed by atoms with Gasteiger partial charge in [-0.05, 0) is 82.2 Å². The molecule has 2 amide bonds. The van der Waals surface area contributed by atoms with Crippen molar-refractivity contribution in [1.82, 2.24) is 20.4 Å². The molecule has 32 heavy (non-hydrogen) atoms. The predicted octanol–water partition coefficient (Wildman–Crippen LogP) is 4.11. The normalized spacial score (nSPS) is 14.8. The minimum absolute atomic E-state index is 0.0378. The van der Waals surface area contributed by atoms with Gasteiger partial charge in [0.1, 0.15) is 0 Å². The highest BCUT2D eigenvalue weighted by Crippen LogP contribution is 2.27. The number of carbonyl (C=O) groups is 2. The Morgan fingerprint density at radius 3 is 2.62 bits per heavy atom. The van der Waals surface area contributed by atoms with Crippen LogP contribution in [-0.2, 0) is 4.79 Å². The summed E-state index contributed by atoms with van der Waals surface area (Å²) in [6.07, 6.45) is 9.39. The van der Waals surface area contributed by atoms with E-state index in [0.29, 0.717) is 11.6 Å². The van der Waals surface area contributed by atoms with E-state index in [2.05, 4.69) is 27.4 Å². The molecule has 0 radical (unpaired) electrons. The molecule has 1 aliphatic carbocycles. The lowest BCUT2D eigenvalue weighted by atomic mass is 9.93. The summed E-state index contributed by atoms with van der Waals surface area (Å²) in [5.74, 6) is -0.164. The van der Waals surface area contributed by atoms with Gasteiger partial charge in [0.15, 0.2) is 0 Å². The lowest BCUT2D eigenvalue weighted by molar-refractivity contribution is -0.120. The van der Waals surface area contributed by atoms with Crippen molar-refractivity contribution in [3.8, 4) is 11.1 Å². The molecule has 1 aromatic carbocycles. The Morgan fingerprint density at radius 1 is 1.28 bits per heavy atom. The second kappa shape index (κ2) is 9.34. The minimum Gasteiger partial charge on any atom is -0.349 e. The van der Waals surface area contributed by atoms with E-state index in [1.165, 1.54) is 6.92 Å². The maximum absolute atomic E-state index is 12.5. The average Bonchev–Trinajstić information content (AvgIpc) is 3.38. The molecule has 1 saturated carbocycles. The molecule has 1 heterocycles. The topological polar surface area (TPSA) is 88.4 Å². The quantitative estimate of drug-likeness (QED) is 0.485. The van der Waals surface area contributed by atoms with Gasteiger partial charge >= 0.3 is 0 Å². The summed E-state index contributed by atoms with van der Waals surface area (Å²) in [6.45, 7) is 12.8. The van der Waals surface area contributed by atoms with Crippen molar-refractivity contribution >= 4 is 24.2 Å². The van der Waals surface area contributed by atoms with Gasteiger partial charge < -0.3 is 10.6 Å². The SMILES string of the molecule is C=N/C=C(\C=C(/C)n1cc(-c2cc(C(=O)NC3CC3)ccc2C)cn1)C(C)(C)NC(C)=O. The van der Waals surface area contributed by atoms with Gasteiger partial charge in [0, 0.05) is 42.2 Å². The largest absolute Gasteiger partial charge is 0.349 e. The van der Waals surface area contributed by atoms with Gasteiger partial charge in [-0.15, -0.1) is 0 Å². The maximum atomic E-state index is 12.5. The Labute approximate surface area is 189 Å². The first-order chi connectivity index (χ1) is 15.1. The van der Waals surface area contributed by atoms with E-state index in [1.807, 2.05) is 58.2 Å². The number of aryl methyl sites for hydroxylation is 1. The zero-order valence-corrected chi connectivity index (χ0v) is 19.4. The number of aromatic nitrogens is 2. The molecule has 1 aliphatic rings. The molecule has 2 N–H and O–H groups in total. The number of allylic oxidation sites excluding steroid dienone is 1. The number of nitrogens with one attached hydrogen (secondary N) is 2. The van der Waals surface area contributed by atoms with Crippen molar-refractivity contribution in [2.24, 2.45) is 4.99 Å². The molecule has 0 spiro atoms. The number of rotatable bonds is 8. The van der Waals surface area contributed by atoms with Crippen molar-refractivity contribution in [1.29, 1.82) is 0 Å². The van der Waals surface area contributed by atoms with Crippen LogP contribution in [0, 0.1) is 6.92 Å². The van der Waals surface area contributed by atoms with Gasteiger partial charge in [0.2, 0.25) is 5.91 Å². The van der Waals surface area contributed by atoms with Crippen LogP contribution in [0.15, 0.2) is 53.4 Å². The average molecular weight is 434 g/mol. The molecule has 0 unspecified atom stereocenters. The molecule has 7 nitrogen and oxygen atoms in total. The fourth-order valence-corrected chi connectivity index (χ4v) is 3.51. The van der Waals surface area contributed by atoms with Crippen LogP contribution in [0.25, 0.3) is 16.8 Å². The fraction of sp³-hybridized carbons (Fsp3) is 0.360. The molecule has 3 rings (SSSR count). The lowest BCUT2D eigenvalue weighted by Gasteiger charge is -2.27. The summed E-state index contributed by atoms with van der Waals surface area (Å²) in [6, 6.07) is 6.05. The number of aliphatic imine (C=N–C) groups is 1. The summed E-state index contributed by atoms with van der Waals surface area (Å²) in [4.78, 5) is 28.0. The molecule has 1 fully saturated rings. The Kier molecular flexibility index (Phi) is 6.77. The molecule has 2 aromatic rings. The number of nitrogens with zero attached hydrogens (tertiary/aromatic N) is 3. The summed E-state index contributed by atoms with van der Waals surface area (Å²) >= 11 is 0. The van der Waals surface area contributed by atoms with Gasteiger partial charge in [-0.25, -0.2) is 4.68 Å². The first-order valence-electron chi connectivity index (χ1n) is 10.7. The van der Waals surface area contributed by atoms with Crippen molar-refractivity contribution < 1.29 is 9.59 Å². The molecule has 0 bridgehead atoms. The molecule has 1 aromatic heterocycles. The highest BCUT2D eigenvalue weighted by atomic mass is 16.2. The molecule has 7 heteroatoms. The van der Waals surface area contributed by atoms with Crippen LogP contribution >= 0.6 is 0 Å². The van der Waals surface area contributed by atoms with E-state index in [4.69, 9.17) is 0 Å². The first kappa shape index (κ1) is 23.2. The molecule has 0 saturated heterocycles. The molecule has 0 aliphatic heterocycles. The summed E-state index contributed by atoms with van der Waals surface area (Å²) in [7, 11) is 0. The predicted molar refractivity (Wildman–Crippen MR) is 128 cm³/mol. The van der Waals surface area contributed by atoms with E-state index >= 15 is 0 Å². The van der Waals surface area contributed by atoms with E-state index < -0.39 is 5.54 Å². The van der Waals surface area contributed by atoms with Crippen molar-refractivity contribution in [3.63, 3.8) is 0 Å². The zero-order valence-electron chi connectivity index (χ0n) is 19.4. The molecule has 0 atom stereocenters. The highest BCUT2D eigenvalue weighted by molar-refractivity contribution is 5.96. The number of benzene rings is 1. The van der Waals surface area contributed by atoms with Crippen molar-refractivity contribution in [2.45, 2.75) is 59.0 Å². The van der Waals surface area contributed by atoms with E-state index in [-0.39, 0.29) is 11.8 Å². The minimum atomic E-state index is -0.621. The van der Waals surface area contributed by atoms with E-state index in [0.717, 1.165) is 40.8 Å². The maximum Gasteiger partial charge on any atom is 0.251 e. The Balaban J connectivity index is 1.88. The van der Waals surface area contributed by atoms with Crippen molar-refractivity contribution in [3.05, 3.63) is 59.6 Å². The Morgan fingerprint density at radius 2 is 2.00 bits per heavy atom. The second-order valence-electron chi connectivity index (χ2n) is 8.81. The van der Waals surface area contributed by atoms with E-state index in [1.54, 1.807) is 17.1 Å². The summed E-state index contributed by atoms with van der Waals surface area (Å²) in [5, 5.41) is 10.5. The van der Waals surface area contributed by atoms with Crippen molar-refractivity contribution in [2.75, 3.05) is 0 Å². The Hall–Kier alpha value is -3.48. The van der Waals surface area contributed by atoms with Crippen LogP contribution in [0.3, 0.4) is 0 Å². The third-order valence-corrected chi connectivity index (χ3v) is 5.47. The number of hydrogen-bond donors (Lipinski definition) is 2. The van der Waals surface area contributed by atoms with Gasteiger partial charge in [0.05, 0.1) is 11.7 Å². The summed E-state index contributed by atoms with van der Waals surface area (Å²) < 4.78 is 1.77. The fourth-order valence-electron chi connectivity index (χ4n) is 3.51. The first-order valence-corrected chi connectivity index (χ1v) is 10.7. The summed E-state index contributed by atoms with van der Waals surface area (Å²) in [5.41, 5.74) is 4.63.